The molecule has 1 aliphatic heterocycles. The second kappa shape index (κ2) is 16.1. The molecule has 0 aliphatic carbocycles. The summed E-state index contributed by atoms with van der Waals surface area (Å²) in [5.74, 6) is -0.626. The van der Waals surface area contributed by atoms with Gasteiger partial charge in [0.15, 0.2) is 14.1 Å². The summed E-state index contributed by atoms with van der Waals surface area (Å²) in [4.78, 5) is 39.1. The van der Waals surface area contributed by atoms with E-state index < -0.39 is 28.7 Å². The van der Waals surface area contributed by atoms with Crippen LogP contribution in [0.3, 0.4) is 0 Å². The first kappa shape index (κ1) is 38.7. The van der Waals surface area contributed by atoms with E-state index in [4.69, 9.17) is 13.6 Å². The number of carbonyl (C=O) groups is 3. The van der Waals surface area contributed by atoms with Crippen LogP contribution < -0.4 is 5.32 Å². The van der Waals surface area contributed by atoms with Crippen molar-refractivity contribution in [3.63, 3.8) is 0 Å². The van der Waals surface area contributed by atoms with Crippen LogP contribution in [-0.4, -0.2) is 59.2 Å². The van der Waals surface area contributed by atoms with Gasteiger partial charge < -0.3 is 18.9 Å². The predicted octanol–water partition coefficient (Wildman–Crippen LogP) is 7.96. The van der Waals surface area contributed by atoms with Crippen molar-refractivity contribution >= 4 is 34.3 Å². The minimum absolute atomic E-state index is 0.0474. The van der Waals surface area contributed by atoms with Crippen molar-refractivity contribution < 1.29 is 28.0 Å². The van der Waals surface area contributed by atoms with Gasteiger partial charge in [-0.15, -0.1) is 0 Å². The first-order chi connectivity index (χ1) is 19.2. The third kappa shape index (κ3) is 10.4. The topological polar surface area (TPSA) is 90.9 Å². The Bertz CT molecular complexity index is 902. The molecule has 0 radical (unpaired) electrons. The van der Waals surface area contributed by atoms with Crippen LogP contribution in [-0.2, 0) is 28.0 Å². The smallest absolute Gasteiger partial charge is 0.298 e. The molecule has 0 bridgehead atoms. The van der Waals surface area contributed by atoms with Gasteiger partial charge in [-0.2, -0.15) is 0 Å². The van der Waals surface area contributed by atoms with Gasteiger partial charge in [0, 0.05) is 13.0 Å². The highest BCUT2D eigenvalue weighted by Crippen LogP contribution is 2.43. The summed E-state index contributed by atoms with van der Waals surface area (Å²) in [6.45, 7) is 29.9. The molecule has 1 aliphatic rings. The Morgan fingerprint density at radius 3 is 1.98 bits per heavy atom. The zero-order valence-corrected chi connectivity index (χ0v) is 31.3. The second-order valence-corrected chi connectivity index (χ2v) is 25.1. The van der Waals surface area contributed by atoms with E-state index in [9.17, 15) is 14.4 Å². The lowest BCUT2D eigenvalue weighted by atomic mass is 9.90. The highest BCUT2D eigenvalue weighted by atomic mass is 28.4. The number of nitrogens with one attached hydrogen (secondary N) is 1. The van der Waals surface area contributed by atoms with E-state index in [2.05, 4.69) is 87.6 Å². The molecule has 5 atom stereocenters. The summed E-state index contributed by atoms with van der Waals surface area (Å²) in [6.07, 6.45) is 4.69. The number of carbonyl (C=O) groups excluding carboxylic acids is 3. The first-order valence-corrected chi connectivity index (χ1v) is 21.2. The highest BCUT2D eigenvalue weighted by Gasteiger charge is 2.50. The largest absolute Gasteiger partial charge is 0.518 e. The minimum Gasteiger partial charge on any atom is -0.518 e. The summed E-state index contributed by atoms with van der Waals surface area (Å²) in [6, 6.07) is 0. The number of hydrogen-bond acceptors (Lipinski definition) is 6. The van der Waals surface area contributed by atoms with E-state index in [1.54, 1.807) is 12.2 Å². The van der Waals surface area contributed by atoms with Gasteiger partial charge in [-0.1, -0.05) is 75.3 Å². The van der Waals surface area contributed by atoms with Gasteiger partial charge in [-0.3, -0.25) is 14.4 Å². The van der Waals surface area contributed by atoms with Crippen LogP contribution >= 0.6 is 0 Å². The Hall–Kier alpha value is -1.30. The third-order valence-corrected chi connectivity index (χ3v) is 20.3. The number of rotatable bonds is 15. The maximum Gasteiger partial charge on any atom is 0.298 e. The van der Waals surface area contributed by atoms with E-state index in [0.29, 0.717) is 6.42 Å². The van der Waals surface area contributed by atoms with Crippen molar-refractivity contribution in [3.05, 3.63) is 12.2 Å². The number of hydrogen-bond donors (Lipinski definition) is 1. The lowest BCUT2D eigenvalue weighted by molar-refractivity contribution is -0.144. The van der Waals surface area contributed by atoms with Crippen LogP contribution in [0, 0.1) is 11.8 Å². The summed E-state index contributed by atoms with van der Waals surface area (Å²) in [5, 5.41) is 3.01. The van der Waals surface area contributed by atoms with Crippen molar-refractivity contribution in [2.45, 2.75) is 162 Å². The quantitative estimate of drug-likeness (QED) is 0.147. The van der Waals surface area contributed by atoms with Crippen molar-refractivity contribution in [2.75, 3.05) is 6.54 Å². The lowest BCUT2D eigenvalue weighted by Crippen LogP contribution is -2.54. The van der Waals surface area contributed by atoms with Gasteiger partial charge in [0.1, 0.15) is 0 Å². The van der Waals surface area contributed by atoms with Crippen LogP contribution in [0.15, 0.2) is 12.2 Å². The molecule has 0 aromatic rings. The fraction of sp³-hybridized carbons (Fsp3) is 0.848. The molecule has 1 heterocycles. The fourth-order valence-electron chi connectivity index (χ4n) is 6.08. The average Bonchev–Trinajstić information content (AvgIpc) is 2.85. The van der Waals surface area contributed by atoms with Gasteiger partial charge in [0.2, 0.25) is 5.91 Å². The normalized spacial score (nSPS) is 22.1. The maximum atomic E-state index is 13.8. The number of ketones is 1. The first-order valence-electron chi connectivity index (χ1n) is 16.2. The molecule has 1 amide bonds. The zero-order chi connectivity index (χ0) is 32.6. The van der Waals surface area contributed by atoms with Crippen molar-refractivity contribution in [1.29, 1.82) is 0 Å². The molecule has 0 unspecified atom stereocenters. The fourth-order valence-corrected chi connectivity index (χ4v) is 12.7. The molecule has 1 rings (SSSR count). The molecule has 0 spiro atoms. The average molecular weight is 626 g/mol. The number of ether oxygens (including phenoxy) is 1. The molecule has 1 saturated heterocycles. The van der Waals surface area contributed by atoms with Gasteiger partial charge in [-0.25, -0.2) is 0 Å². The maximum absolute atomic E-state index is 13.8. The molecule has 9 heteroatoms. The van der Waals surface area contributed by atoms with Crippen LogP contribution in [0.4, 0.5) is 0 Å². The third-order valence-electron chi connectivity index (χ3n) is 9.78. The predicted molar refractivity (Wildman–Crippen MR) is 177 cm³/mol. The number of allylic oxidation sites excluding steroid dienone is 2. The van der Waals surface area contributed by atoms with E-state index in [0.717, 1.165) is 12.8 Å². The van der Waals surface area contributed by atoms with E-state index in [1.165, 1.54) is 0 Å². The van der Waals surface area contributed by atoms with Crippen LogP contribution in [0.2, 0.25) is 34.8 Å². The van der Waals surface area contributed by atoms with E-state index in [1.807, 2.05) is 13.8 Å². The van der Waals surface area contributed by atoms with E-state index in [-0.39, 0.29) is 70.4 Å². The molecule has 0 saturated carbocycles. The molecular formula is C33H63NO6Si2. The van der Waals surface area contributed by atoms with Crippen molar-refractivity contribution in [1.82, 2.24) is 5.32 Å². The van der Waals surface area contributed by atoms with Crippen molar-refractivity contribution in [2.24, 2.45) is 11.8 Å². The van der Waals surface area contributed by atoms with Crippen LogP contribution in [0.5, 0.6) is 0 Å². The summed E-state index contributed by atoms with van der Waals surface area (Å²) < 4.78 is 19.5. The highest BCUT2D eigenvalue weighted by molar-refractivity contribution is 6.79. The minimum atomic E-state index is -2.43. The van der Waals surface area contributed by atoms with Crippen molar-refractivity contribution in [3.8, 4) is 0 Å². The molecule has 0 aromatic heterocycles. The summed E-state index contributed by atoms with van der Waals surface area (Å²) in [5.41, 5.74) is 0.841. The van der Waals surface area contributed by atoms with Gasteiger partial charge in [0.05, 0.1) is 30.7 Å². The Morgan fingerprint density at radius 1 is 0.952 bits per heavy atom. The van der Waals surface area contributed by atoms with Gasteiger partial charge >= 0.3 is 0 Å². The Labute approximate surface area is 259 Å². The Balaban J connectivity index is 3.09. The lowest BCUT2D eigenvalue weighted by Gasteiger charge is -2.44. The summed E-state index contributed by atoms with van der Waals surface area (Å²) >= 11 is 0. The second-order valence-electron chi connectivity index (χ2n) is 15.0. The molecular weight excluding hydrogens is 563 g/mol. The number of amides is 1. The van der Waals surface area contributed by atoms with E-state index >= 15 is 0 Å². The van der Waals surface area contributed by atoms with Crippen LogP contribution in [0.25, 0.3) is 0 Å². The van der Waals surface area contributed by atoms with Gasteiger partial charge in [0.25, 0.3) is 14.3 Å². The SMILES string of the molecule is C/C=C/C(=O)C[C@H]1CC[C@@H](C)[C@H](CC(=O)NC[C@H](O[Si](C)(C)C(C)(C)C)[C@H](C)C(=O)O[Si](C(C)C)(C(C)C)C(C)C)O1. The molecule has 7 nitrogen and oxygen atoms in total. The molecule has 0 aromatic carbocycles. The van der Waals surface area contributed by atoms with Gasteiger partial charge in [-0.05, 0) is 73.4 Å². The molecule has 1 N–H and O–H groups in total. The molecule has 42 heavy (non-hydrogen) atoms. The Kier molecular flexibility index (Phi) is 14.9. The monoisotopic (exact) mass is 625 g/mol. The summed E-state index contributed by atoms with van der Waals surface area (Å²) in [7, 11) is -4.69. The molecule has 244 valence electrons. The molecule has 1 fully saturated rings. The Morgan fingerprint density at radius 2 is 1.50 bits per heavy atom. The zero-order valence-electron chi connectivity index (χ0n) is 29.3. The standard InChI is InChI=1S/C33H63NO6Si2/c1-15-16-27(35)19-28-18-17-25(8)29(38-28)20-31(36)34-21-30(39-41(13,14)33(10,11)12)26(9)32(37)40-42(22(2)3,23(4)5)24(6)7/h15-16,22-26,28-30H,17-21H2,1-14H3,(H,34,36)/b16-15+/t25-,26+,28-,29+,30+/m1/s1. The van der Waals surface area contributed by atoms with Crippen LogP contribution in [0.1, 0.15) is 109 Å².